The highest BCUT2D eigenvalue weighted by Crippen LogP contribution is 2.46. The van der Waals surface area contributed by atoms with Crippen LogP contribution in [0, 0.1) is 10.2 Å². The van der Waals surface area contributed by atoms with Crippen LogP contribution in [0.2, 0.25) is 0 Å². The van der Waals surface area contributed by atoms with Gasteiger partial charge in [-0.05, 0) is 42.6 Å². The summed E-state index contributed by atoms with van der Waals surface area (Å²) in [6.07, 6.45) is 5.58. The van der Waals surface area contributed by atoms with E-state index in [9.17, 15) is 0 Å². The van der Waals surface area contributed by atoms with Gasteiger partial charge in [-0.2, -0.15) is 0 Å². The Morgan fingerprint density at radius 2 is 2.35 bits per heavy atom. The van der Waals surface area contributed by atoms with Gasteiger partial charge in [-0.1, -0.05) is 20.3 Å². The van der Waals surface area contributed by atoms with Gasteiger partial charge in [-0.25, -0.2) is 4.98 Å². The first kappa shape index (κ1) is 11.0. The number of pyridine rings is 1. The summed E-state index contributed by atoms with van der Waals surface area (Å²) in [6.45, 7) is 4.66. The number of fused-ring (bicyclic) bond motifs is 1. The minimum atomic E-state index is 0.310. The minimum Gasteiger partial charge on any atom is -0.329 e. The summed E-state index contributed by atoms with van der Waals surface area (Å²) in [5, 5.41) is 0. The summed E-state index contributed by atoms with van der Waals surface area (Å²) in [5.41, 5.74) is 2.35. The van der Waals surface area contributed by atoms with E-state index in [2.05, 4.69) is 28.4 Å². The largest absolute Gasteiger partial charge is 0.329 e. The van der Waals surface area contributed by atoms with E-state index in [0.717, 1.165) is 15.9 Å². The third-order valence-corrected chi connectivity index (χ3v) is 4.29. The molecule has 1 aliphatic carbocycles. The third-order valence-electron chi connectivity index (χ3n) is 3.99. The molecular formula is C13H17N3S. The second kappa shape index (κ2) is 3.67. The minimum absolute atomic E-state index is 0.310. The molecule has 2 heterocycles. The predicted octanol–water partition coefficient (Wildman–Crippen LogP) is 3.85. The number of aromatic amines is 1. The van der Waals surface area contributed by atoms with Crippen LogP contribution in [0.25, 0.3) is 11.2 Å². The molecule has 0 radical (unpaired) electrons. The maximum atomic E-state index is 5.46. The van der Waals surface area contributed by atoms with Crippen molar-refractivity contribution in [3.8, 4) is 0 Å². The van der Waals surface area contributed by atoms with Gasteiger partial charge >= 0.3 is 0 Å². The van der Waals surface area contributed by atoms with Gasteiger partial charge in [0.15, 0.2) is 10.4 Å². The maximum Gasteiger partial charge on any atom is 0.179 e. The second-order valence-electron chi connectivity index (χ2n) is 5.57. The highest BCUT2D eigenvalue weighted by Gasteiger charge is 2.36. The second-order valence-corrected chi connectivity index (χ2v) is 5.96. The van der Waals surface area contributed by atoms with Crippen LogP contribution >= 0.6 is 12.2 Å². The van der Waals surface area contributed by atoms with Crippen LogP contribution in [0.1, 0.15) is 39.2 Å². The molecule has 3 nitrogen and oxygen atoms in total. The number of hydrogen-bond acceptors (Lipinski definition) is 2. The van der Waals surface area contributed by atoms with Crippen molar-refractivity contribution in [2.75, 3.05) is 0 Å². The lowest BCUT2D eigenvalue weighted by Crippen LogP contribution is -2.21. The van der Waals surface area contributed by atoms with Crippen LogP contribution in [0.4, 0.5) is 0 Å². The van der Waals surface area contributed by atoms with E-state index in [1.165, 1.54) is 19.3 Å². The molecule has 0 amide bonds. The average molecular weight is 247 g/mol. The zero-order chi connectivity index (χ0) is 12.0. The molecule has 0 spiro atoms. The molecule has 0 saturated heterocycles. The molecule has 0 bridgehead atoms. The summed E-state index contributed by atoms with van der Waals surface area (Å²) >= 11 is 5.46. The average Bonchev–Trinajstić information content (AvgIpc) is 2.77. The molecular weight excluding hydrogens is 230 g/mol. The first-order valence-corrected chi connectivity index (χ1v) is 6.56. The van der Waals surface area contributed by atoms with Gasteiger partial charge in [0, 0.05) is 12.2 Å². The van der Waals surface area contributed by atoms with E-state index in [1.807, 2.05) is 18.3 Å². The Morgan fingerprint density at radius 3 is 3.06 bits per heavy atom. The van der Waals surface area contributed by atoms with Crippen LogP contribution in [0.15, 0.2) is 18.3 Å². The topological polar surface area (TPSA) is 33.6 Å². The van der Waals surface area contributed by atoms with Crippen LogP contribution in [-0.4, -0.2) is 14.5 Å². The quantitative estimate of drug-likeness (QED) is 0.777. The van der Waals surface area contributed by atoms with Crippen molar-refractivity contribution < 1.29 is 0 Å². The molecule has 1 aliphatic rings. The molecule has 2 aromatic heterocycles. The molecule has 90 valence electrons. The molecule has 1 saturated carbocycles. The SMILES string of the molecule is CC1(C)CCCC1n1c(=S)[nH]c2cccnc21. The highest BCUT2D eigenvalue weighted by atomic mass is 32.1. The number of aromatic nitrogens is 3. The molecule has 2 aromatic rings. The smallest absolute Gasteiger partial charge is 0.179 e. The van der Waals surface area contributed by atoms with Crippen molar-refractivity contribution in [2.45, 2.75) is 39.2 Å². The third kappa shape index (κ3) is 1.62. The molecule has 0 aliphatic heterocycles. The fraction of sp³-hybridized carbons (Fsp3) is 0.538. The number of hydrogen-bond donors (Lipinski definition) is 1. The summed E-state index contributed by atoms with van der Waals surface area (Å²) in [7, 11) is 0. The van der Waals surface area contributed by atoms with E-state index < -0.39 is 0 Å². The molecule has 1 fully saturated rings. The highest BCUT2D eigenvalue weighted by molar-refractivity contribution is 7.71. The molecule has 0 aromatic carbocycles. The lowest BCUT2D eigenvalue weighted by Gasteiger charge is -2.28. The molecule has 4 heteroatoms. The Bertz CT molecular complexity index is 608. The van der Waals surface area contributed by atoms with E-state index in [0.29, 0.717) is 11.5 Å². The number of nitrogens with one attached hydrogen (secondary N) is 1. The monoisotopic (exact) mass is 247 g/mol. The molecule has 17 heavy (non-hydrogen) atoms. The number of nitrogens with zero attached hydrogens (tertiary/aromatic N) is 2. The number of rotatable bonds is 1. The van der Waals surface area contributed by atoms with Gasteiger partial charge in [-0.3, -0.25) is 4.57 Å². The van der Waals surface area contributed by atoms with Crippen molar-refractivity contribution in [2.24, 2.45) is 5.41 Å². The molecule has 1 unspecified atom stereocenters. The van der Waals surface area contributed by atoms with Gasteiger partial charge in [0.05, 0.1) is 5.52 Å². The predicted molar refractivity (Wildman–Crippen MR) is 71.6 cm³/mol. The Balaban J connectivity index is 2.24. The van der Waals surface area contributed by atoms with Gasteiger partial charge in [0.2, 0.25) is 0 Å². The zero-order valence-electron chi connectivity index (χ0n) is 10.2. The fourth-order valence-corrected chi connectivity index (χ4v) is 3.36. The Labute approximate surface area is 106 Å². The first-order valence-electron chi connectivity index (χ1n) is 6.15. The van der Waals surface area contributed by atoms with E-state index in [1.54, 1.807) is 0 Å². The Kier molecular flexibility index (Phi) is 2.36. The Hall–Kier alpha value is -1.16. The Morgan fingerprint density at radius 1 is 1.53 bits per heavy atom. The molecule has 3 rings (SSSR count). The maximum absolute atomic E-state index is 5.46. The summed E-state index contributed by atoms with van der Waals surface area (Å²) in [6, 6.07) is 4.45. The van der Waals surface area contributed by atoms with Crippen LogP contribution in [0.5, 0.6) is 0 Å². The summed E-state index contributed by atoms with van der Waals surface area (Å²) in [5.74, 6) is 0. The summed E-state index contributed by atoms with van der Waals surface area (Å²) in [4.78, 5) is 7.73. The van der Waals surface area contributed by atoms with Gasteiger partial charge in [0.25, 0.3) is 0 Å². The molecule has 1 N–H and O–H groups in total. The van der Waals surface area contributed by atoms with Crippen LogP contribution < -0.4 is 0 Å². The van der Waals surface area contributed by atoms with Gasteiger partial charge in [-0.15, -0.1) is 0 Å². The van der Waals surface area contributed by atoms with E-state index in [-0.39, 0.29) is 0 Å². The lowest BCUT2D eigenvalue weighted by atomic mass is 9.87. The standard InChI is InChI=1S/C13H17N3S/c1-13(2)7-3-6-10(13)16-11-9(15-12(16)17)5-4-8-14-11/h4-5,8,10H,3,6-7H2,1-2H3,(H,15,17). The van der Waals surface area contributed by atoms with Crippen molar-refractivity contribution in [1.82, 2.24) is 14.5 Å². The molecule has 1 atom stereocenters. The lowest BCUT2D eigenvalue weighted by molar-refractivity contribution is 0.263. The number of H-pyrrole nitrogens is 1. The van der Waals surface area contributed by atoms with Crippen molar-refractivity contribution in [3.63, 3.8) is 0 Å². The fourth-order valence-electron chi connectivity index (χ4n) is 3.03. The number of imidazole rings is 1. The van der Waals surface area contributed by atoms with Crippen LogP contribution in [0.3, 0.4) is 0 Å². The normalized spacial score (nSPS) is 23.3. The van der Waals surface area contributed by atoms with Crippen LogP contribution in [-0.2, 0) is 0 Å². The van der Waals surface area contributed by atoms with E-state index >= 15 is 0 Å². The van der Waals surface area contributed by atoms with Crippen molar-refractivity contribution in [1.29, 1.82) is 0 Å². The van der Waals surface area contributed by atoms with E-state index in [4.69, 9.17) is 12.2 Å². The first-order chi connectivity index (χ1) is 8.09. The van der Waals surface area contributed by atoms with Gasteiger partial charge < -0.3 is 4.98 Å². The summed E-state index contributed by atoms with van der Waals surface area (Å²) < 4.78 is 3.02. The van der Waals surface area contributed by atoms with Crippen molar-refractivity contribution >= 4 is 23.4 Å². The van der Waals surface area contributed by atoms with Gasteiger partial charge in [0.1, 0.15) is 0 Å². The zero-order valence-corrected chi connectivity index (χ0v) is 11.0. The van der Waals surface area contributed by atoms with Crippen molar-refractivity contribution in [3.05, 3.63) is 23.1 Å².